The van der Waals surface area contributed by atoms with Gasteiger partial charge in [0.05, 0.1) is 13.7 Å². The third-order valence-electron chi connectivity index (χ3n) is 2.33. The number of hydrogen-bond donors (Lipinski definition) is 2. The van der Waals surface area contributed by atoms with Gasteiger partial charge in [-0.25, -0.2) is 0 Å². The molecule has 1 rings (SSSR count). The fourth-order valence-electron chi connectivity index (χ4n) is 1.43. The Morgan fingerprint density at radius 1 is 1.38 bits per heavy atom. The molecule has 0 saturated carbocycles. The lowest BCUT2D eigenvalue weighted by Crippen LogP contribution is -2.21. The summed E-state index contributed by atoms with van der Waals surface area (Å²) in [6.07, 6.45) is 0.979. The summed E-state index contributed by atoms with van der Waals surface area (Å²) in [6.45, 7) is 3.16. The summed E-state index contributed by atoms with van der Waals surface area (Å²) >= 11 is 0. The molecule has 4 heteroatoms. The van der Waals surface area contributed by atoms with E-state index >= 15 is 0 Å². The van der Waals surface area contributed by atoms with Crippen molar-refractivity contribution in [3.63, 3.8) is 0 Å². The average molecular weight is 224 g/mol. The van der Waals surface area contributed by atoms with Crippen molar-refractivity contribution in [2.45, 2.75) is 19.4 Å². The third-order valence-corrected chi connectivity index (χ3v) is 2.33. The molecule has 16 heavy (non-hydrogen) atoms. The van der Waals surface area contributed by atoms with Gasteiger partial charge in [0.2, 0.25) is 0 Å². The van der Waals surface area contributed by atoms with Crippen LogP contribution in [0, 0.1) is 0 Å². The summed E-state index contributed by atoms with van der Waals surface area (Å²) < 4.78 is 10.8. The SMILES string of the molecule is CCCOc1ccc([C@@H](N)CN)c(OC)c1. The van der Waals surface area contributed by atoms with Crippen LogP contribution >= 0.6 is 0 Å². The van der Waals surface area contributed by atoms with Gasteiger partial charge in [-0.05, 0) is 12.5 Å². The van der Waals surface area contributed by atoms with Crippen LogP contribution in [0.5, 0.6) is 11.5 Å². The Bertz CT molecular complexity index is 329. The molecule has 1 aromatic carbocycles. The molecule has 0 saturated heterocycles. The largest absolute Gasteiger partial charge is 0.496 e. The highest BCUT2D eigenvalue weighted by Gasteiger charge is 2.11. The predicted molar refractivity (Wildman–Crippen MR) is 64.8 cm³/mol. The van der Waals surface area contributed by atoms with Crippen LogP contribution in [-0.4, -0.2) is 20.3 Å². The van der Waals surface area contributed by atoms with E-state index in [0.29, 0.717) is 13.2 Å². The minimum absolute atomic E-state index is 0.199. The van der Waals surface area contributed by atoms with Gasteiger partial charge in [-0.3, -0.25) is 0 Å². The molecule has 0 radical (unpaired) electrons. The minimum Gasteiger partial charge on any atom is -0.496 e. The van der Waals surface area contributed by atoms with Gasteiger partial charge in [0.25, 0.3) is 0 Å². The first-order valence-electron chi connectivity index (χ1n) is 5.49. The van der Waals surface area contributed by atoms with Crippen LogP contribution in [0.15, 0.2) is 18.2 Å². The quantitative estimate of drug-likeness (QED) is 0.767. The number of hydrogen-bond acceptors (Lipinski definition) is 4. The van der Waals surface area contributed by atoms with Crippen LogP contribution in [0.25, 0.3) is 0 Å². The van der Waals surface area contributed by atoms with Gasteiger partial charge in [0.1, 0.15) is 11.5 Å². The number of methoxy groups -OCH3 is 1. The first kappa shape index (κ1) is 12.8. The molecule has 0 fully saturated rings. The minimum atomic E-state index is -0.199. The van der Waals surface area contributed by atoms with Gasteiger partial charge in [0, 0.05) is 24.2 Å². The predicted octanol–water partition coefficient (Wildman–Crippen LogP) is 1.44. The van der Waals surface area contributed by atoms with Gasteiger partial charge >= 0.3 is 0 Å². The van der Waals surface area contributed by atoms with Crippen molar-refractivity contribution in [1.29, 1.82) is 0 Å². The molecular weight excluding hydrogens is 204 g/mol. The van der Waals surface area contributed by atoms with Crippen molar-refractivity contribution >= 4 is 0 Å². The molecule has 0 spiro atoms. The fraction of sp³-hybridized carbons (Fsp3) is 0.500. The Morgan fingerprint density at radius 2 is 2.12 bits per heavy atom. The summed E-state index contributed by atoms with van der Waals surface area (Å²) in [5.41, 5.74) is 12.3. The molecule has 0 aliphatic heterocycles. The van der Waals surface area contributed by atoms with E-state index < -0.39 is 0 Å². The van der Waals surface area contributed by atoms with Crippen LogP contribution in [0.2, 0.25) is 0 Å². The van der Waals surface area contributed by atoms with Crippen molar-refractivity contribution in [1.82, 2.24) is 0 Å². The monoisotopic (exact) mass is 224 g/mol. The molecule has 1 atom stereocenters. The maximum Gasteiger partial charge on any atom is 0.127 e. The second kappa shape index (κ2) is 6.35. The Morgan fingerprint density at radius 3 is 2.69 bits per heavy atom. The summed E-state index contributed by atoms with van der Waals surface area (Å²) in [6, 6.07) is 5.44. The van der Waals surface area contributed by atoms with E-state index in [9.17, 15) is 0 Å². The van der Waals surface area contributed by atoms with E-state index in [2.05, 4.69) is 6.92 Å². The fourth-order valence-corrected chi connectivity index (χ4v) is 1.43. The van der Waals surface area contributed by atoms with E-state index in [4.69, 9.17) is 20.9 Å². The van der Waals surface area contributed by atoms with Crippen molar-refractivity contribution in [2.75, 3.05) is 20.3 Å². The van der Waals surface area contributed by atoms with Crippen LogP contribution in [0.3, 0.4) is 0 Å². The van der Waals surface area contributed by atoms with Crippen molar-refractivity contribution in [2.24, 2.45) is 11.5 Å². The second-order valence-electron chi connectivity index (χ2n) is 3.59. The summed E-state index contributed by atoms with van der Waals surface area (Å²) in [5, 5.41) is 0. The number of ether oxygens (including phenoxy) is 2. The molecular formula is C12H20N2O2. The summed E-state index contributed by atoms with van der Waals surface area (Å²) in [7, 11) is 1.62. The molecule has 0 heterocycles. The van der Waals surface area contributed by atoms with E-state index in [1.165, 1.54) is 0 Å². The topological polar surface area (TPSA) is 70.5 Å². The van der Waals surface area contributed by atoms with Crippen LogP contribution < -0.4 is 20.9 Å². The highest BCUT2D eigenvalue weighted by Crippen LogP contribution is 2.28. The average Bonchev–Trinajstić information content (AvgIpc) is 2.34. The van der Waals surface area contributed by atoms with E-state index in [-0.39, 0.29) is 6.04 Å². The summed E-state index contributed by atoms with van der Waals surface area (Å²) in [5.74, 6) is 1.53. The molecule has 90 valence electrons. The lowest BCUT2D eigenvalue weighted by Gasteiger charge is -2.15. The van der Waals surface area contributed by atoms with E-state index in [1.807, 2.05) is 18.2 Å². The molecule has 0 bridgehead atoms. The van der Waals surface area contributed by atoms with Crippen LogP contribution in [-0.2, 0) is 0 Å². The number of benzene rings is 1. The Labute approximate surface area is 96.5 Å². The Kier molecular flexibility index (Phi) is 5.08. The molecule has 4 N–H and O–H groups in total. The van der Waals surface area contributed by atoms with Crippen molar-refractivity contribution in [3.8, 4) is 11.5 Å². The smallest absolute Gasteiger partial charge is 0.127 e. The van der Waals surface area contributed by atoms with Crippen molar-refractivity contribution in [3.05, 3.63) is 23.8 Å². The molecule has 0 aliphatic carbocycles. The standard InChI is InChI=1S/C12H20N2O2/c1-3-6-16-9-4-5-10(11(14)8-13)12(7-9)15-2/h4-5,7,11H,3,6,8,13-14H2,1-2H3/t11-/m0/s1. The van der Waals surface area contributed by atoms with Crippen LogP contribution in [0.1, 0.15) is 24.9 Å². The van der Waals surface area contributed by atoms with E-state index in [0.717, 1.165) is 23.5 Å². The zero-order chi connectivity index (χ0) is 12.0. The van der Waals surface area contributed by atoms with E-state index in [1.54, 1.807) is 7.11 Å². The lowest BCUT2D eigenvalue weighted by molar-refractivity contribution is 0.314. The van der Waals surface area contributed by atoms with Crippen LogP contribution in [0.4, 0.5) is 0 Å². The first-order valence-corrected chi connectivity index (χ1v) is 5.49. The molecule has 0 amide bonds. The Balaban J connectivity index is 2.88. The summed E-state index contributed by atoms with van der Waals surface area (Å²) in [4.78, 5) is 0. The van der Waals surface area contributed by atoms with Gasteiger partial charge in [-0.1, -0.05) is 13.0 Å². The molecule has 0 unspecified atom stereocenters. The molecule has 4 nitrogen and oxygen atoms in total. The third kappa shape index (κ3) is 3.12. The highest BCUT2D eigenvalue weighted by atomic mass is 16.5. The van der Waals surface area contributed by atoms with Gasteiger partial charge in [-0.15, -0.1) is 0 Å². The first-order chi connectivity index (χ1) is 7.72. The lowest BCUT2D eigenvalue weighted by atomic mass is 10.1. The van der Waals surface area contributed by atoms with Crippen molar-refractivity contribution < 1.29 is 9.47 Å². The molecule has 0 aliphatic rings. The zero-order valence-corrected chi connectivity index (χ0v) is 9.90. The molecule has 0 aromatic heterocycles. The highest BCUT2D eigenvalue weighted by molar-refractivity contribution is 5.42. The number of rotatable bonds is 6. The van der Waals surface area contributed by atoms with Gasteiger partial charge in [0.15, 0.2) is 0 Å². The maximum absolute atomic E-state index is 5.88. The normalized spacial score (nSPS) is 12.2. The maximum atomic E-state index is 5.88. The van der Waals surface area contributed by atoms with Gasteiger partial charge < -0.3 is 20.9 Å². The second-order valence-corrected chi connectivity index (χ2v) is 3.59. The Hall–Kier alpha value is -1.26. The van der Waals surface area contributed by atoms with Gasteiger partial charge in [-0.2, -0.15) is 0 Å². The molecule has 1 aromatic rings. The zero-order valence-electron chi connectivity index (χ0n) is 9.90. The number of nitrogens with two attached hydrogens (primary N) is 2.